The second-order valence-corrected chi connectivity index (χ2v) is 22.3. The van der Waals surface area contributed by atoms with Crippen molar-refractivity contribution in [1.82, 2.24) is 0 Å². The SMILES string of the molecule is CCCCC[Si](C)(C)O[Si](C)(C)O[Si](C)(C)COc1ccc(-c2ccc(C#N)cc2)cc1. The molecule has 7 heteroatoms. The third-order valence-corrected chi connectivity index (χ3v) is 16.0. The molecule has 0 bridgehead atoms. The average molecular weight is 486 g/mol. The fraction of sp³-hybridized carbons (Fsp3) is 0.480. The van der Waals surface area contributed by atoms with E-state index in [1.165, 1.54) is 25.3 Å². The summed E-state index contributed by atoms with van der Waals surface area (Å²) in [4.78, 5) is 0. The van der Waals surface area contributed by atoms with E-state index in [0.717, 1.165) is 16.9 Å². The Labute approximate surface area is 198 Å². The first-order chi connectivity index (χ1) is 15.0. The zero-order valence-corrected chi connectivity index (χ0v) is 23.8. The molecule has 0 spiro atoms. The standard InChI is InChI=1S/C25H39NO3Si3/c1-8-9-10-19-30(2,3)28-32(6,7)29-31(4,5)21-27-25-17-15-24(16-18-25)23-13-11-22(20-26)12-14-23/h11-18H,8-10,19,21H2,1-7H3. The lowest BCUT2D eigenvalue weighted by Crippen LogP contribution is -2.54. The maximum Gasteiger partial charge on any atom is 0.311 e. The predicted octanol–water partition coefficient (Wildman–Crippen LogP) is 7.48. The van der Waals surface area contributed by atoms with Crippen LogP contribution in [0.3, 0.4) is 0 Å². The van der Waals surface area contributed by atoms with Crippen LogP contribution < -0.4 is 4.74 Å². The van der Waals surface area contributed by atoms with Gasteiger partial charge in [-0.25, -0.2) is 0 Å². The summed E-state index contributed by atoms with van der Waals surface area (Å²) in [7, 11) is -5.96. The van der Waals surface area contributed by atoms with E-state index in [1.807, 2.05) is 36.4 Å². The number of hydrogen-bond donors (Lipinski definition) is 0. The lowest BCUT2D eigenvalue weighted by atomic mass is 10.0. The van der Waals surface area contributed by atoms with Crippen LogP contribution in [0, 0.1) is 11.3 Å². The molecule has 0 unspecified atom stereocenters. The number of hydrogen-bond acceptors (Lipinski definition) is 4. The molecule has 32 heavy (non-hydrogen) atoms. The van der Waals surface area contributed by atoms with Crippen molar-refractivity contribution in [3.8, 4) is 22.9 Å². The number of unbranched alkanes of at least 4 members (excludes halogenated alkanes) is 2. The van der Waals surface area contributed by atoms with E-state index in [4.69, 9.17) is 18.2 Å². The van der Waals surface area contributed by atoms with Crippen LogP contribution in [-0.4, -0.2) is 31.4 Å². The number of nitriles is 1. The second kappa shape index (κ2) is 11.4. The Hall–Kier alpha value is -1.70. The molecule has 0 radical (unpaired) electrons. The van der Waals surface area contributed by atoms with E-state index in [9.17, 15) is 0 Å². The summed E-state index contributed by atoms with van der Waals surface area (Å²) < 4.78 is 19.4. The molecule has 0 saturated carbocycles. The van der Waals surface area contributed by atoms with Crippen molar-refractivity contribution >= 4 is 25.2 Å². The van der Waals surface area contributed by atoms with Gasteiger partial charge in [0.15, 0.2) is 8.32 Å². The zero-order valence-electron chi connectivity index (χ0n) is 20.8. The summed E-state index contributed by atoms with van der Waals surface area (Å²) in [5, 5.41) is 8.95. The molecule has 0 amide bonds. The Bertz CT molecular complexity index is 888. The Morgan fingerprint density at radius 2 is 1.28 bits per heavy atom. The molecule has 0 atom stereocenters. The van der Waals surface area contributed by atoms with E-state index in [-0.39, 0.29) is 0 Å². The number of nitrogens with zero attached hydrogens (tertiary/aromatic N) is 1. The summed E-state index contributed by atoms with van der Waals surface area (Å²) in [6.07, 6.45) is 4.37. The van der Waals surface area contributed by atoms with Gasteiger partial charge in [-0.2, -0.15) is 5.26 Å². The van der Waals surface area contributed by atoms with Crippen molar-refractivity contribution in [1.29, 1.82) is 5.26 Å². The van der Waals surface area contributed by atoms with Gasteiger partial charge in [0, 0.05) is 0 Å². The largest absolute Gasteiger partial charge is 0.494 e. The van der Waals surface area contributed by atoms with Crippen molar-refractivity contribution in [3.05, 3.63) is 54.1 Å². The molecule has 0 aromatic heterocycles. The lowest BCUT2D eigenvalue weighted by molar-refractivity contribution is 0.328. The summed E-state index contributed by atoms with van der Waals surface area (Å²) in [6.45, 7) is 15.7. The smallest absolute Gasteiger partial charge is 0.311 e. The maximum absolute atomic E-state index is 8.95. The highest BCUT2D eigenvalue weighted by Crippen LogP contribution is 2.26. The van der Waals surface area contributed by atoms with Crippen LogP contribution in [-0.2, 0) is 8.23 Å². The van der Waals surface area contributed by atoms with Crippen LogP contribution in [0.5, 0.6) is 5.75 Å². The molecule has 0 heterocycles. The molecule has 0 fully saturated rings. The predicted molar refractivity (Wildman–Crippen MR) is 141 cm³/mol. The quantitative estimate of drug-likeness (QED) is 0.231. The molecule has 0 aliphatic carbocycles. The minimum absolute atomic E-state index is 0.598. The minimum Gasteiger partial charge on any atom is -0.494 e. The summed E-state index contributed by atoms with van der Waals surface area (Å²) >= 11 is 0. The topological polar surface area (TPSA) is 51.5 Å². The van der Waals surface area contributed by atoms with Gasteiger partial charge in [-0.15, -0.1) is 0 Å². The number of ether oxygens (including phenoxy) is 1. The van der Waals surface area contributed by atoms with Gasteiger partial charge in [0.05, 0.1) is 11.6 Å². The second-order valence-electron chi connectivity index (χ2n) is 10.1. The van der Waals surface area contributed by atoms with Crippen molar-refractivity contribution < 1.29 is 13.0 Å². The first kappa shape index (κ1) is 26.6. The Morgan fingerprint density at radius 3 is 1.81 bits per heavy atom. The molecule has 2 aromatic carbocycles. The first-order valence-corrected chi connectivity index (χ1v) is 20.6. The lowest BCUT2D eigenvalue weighted by Gasteiger charge is -2.38. The summed E-state index contributed by atoms with van der Waals surface area (Å²) in [6, 6.07) is 19.1. The van der Waals surface area contributed by atoms with Crippen LogP contribution in [0.4, 0.5) is 0 Å². The van der Waals surface area contributed by atoms with Crippen LogP contribution in [0.15, 0.2) is 48.5 Å². The summed E-state index contributed by atoms with van der Waals surface area (Å²) in [5.41, 5.74) is 2.86. The van der Waals surface area contributed by atoms with Crippen LogP contribution in [0.25, 0.3) is 11.1 Å². The monoisotopic (exact) mass is 485 g/mol. The molecule has 0 aliphatic rings. The molecular weight excluding hydrogens is 447 g/mol. The molecular formula is C25H39NO3Si3. The Kier molecular flexibility index (Phi) is 9.49. The van der Waals surface area contributed by atoms with E-state index in [0.29, 0.717) is 11.8 Å². The van der Waals surface area contributed by atoms with Gasteiger partial charge in [-0.3, -0.25) is 0 Å². The summed E-state index contributed by atoms with van der Waals surface area (Å²) in [5.74, 6) is 0.848. The molecule has 174 valence electrons. The van der Waals surface area contributed by atoms with Crippen molar-refractivity contribution in [2.45, 2.75) is 71.5 Å². The van der Waals surface area contributed by atoms with Crippen LogP contribution >= 0.6 is 0 Å². The first-order valence-electron chi connectivity index (χ1n) is 11.6. The van der Waals surface area contributed by atoms with Crippen molar-refractivity contribution in [3.63, 3.8) is 0 Å². The van der Waals surface area contributed by atoms with E-state index < -0.39 is 25.2 Å². The normalized spacial score (nSPS) is 12.4. The van der Waals surface area contributed by atoms with Gasteiger partial charge in [-0.05, 0) is 80.7 Å². The van der Waals surface area contributed by atoms with Crippen LogP contribution in [0.2, 0.25) is 45.3 Å². The van der Waals surface area contributed by atoms with Crippen molar-refractivity contribution in [2.75, 3.05) is 6.23 Å². The van der Waals surface area contributed by atoms with Gasteiger partial charge < -0.3 is 13.0 Å². The molecule has 0 N–H and O–H groups in total. The minimum atomic E-state index is -2.21. The maximum atomic E-state index is 8.95. The highest BCUT2D eigenvalue weighted by Gasteiger charge is 2.39. The van der Waals surface area contributed by atoms with Crippen molar-refractivity contribution in [2.24, 2.45) is 0 Å². The van der Waals surface area contributed by atoms with Gasteiger partial charge >= 0.3 is 8.56 Å². The van der Waals surface area contributed by atoms with Gasteiger partial charge in [0.25, 0.3) is 0 Å². The van der Waals surface area contributed by atoms with Gasteiger partial charge in [0.1, 0.15) is 12.0 Å². The molecule has 2 rings (SSSR count). The van der Waals surface area contributed by atoms with E-state index in [1.54, 1.807) is 0 Å². The fourth-order valence-electron chi connectivity index (χ4n) is 3.97. The molecule has 0 saturated heterocycles. The number of benzene rings is 2. The van der Waals surface area contributed by atoms with Gasteiger partial charge in [-0.1, -0.05) is 50.5 Å². The highest BCUT2D eigenvalue weighted by molar-refractivity contribution is 6.87. The van der Waals surface area contributed by atoms with E-state index >= 15 is 0 Å². The number of rotatable bonds is 12. The zero-order chi connectivity index (χ0) is 23.8. The molecule has 2 aromatic rings. The molecule has 0 aliphatic heterocycles. The van der Waals surface area contributed by atoms with E-state index in [2.05, 4.69) is 64.4 Å². The molecule has 4 nitrogen and oxygen atoms in total. The van der Waals surface area contributed by atoms with Crippen LogP contribution in [0.1, 0.15) is 31.7 Å². The fourth-order valence-corrected chi connectivity index (χ4v) is 17.4. The highest BCUT2D eigenvalue weighted by atomic mass is 28.5. The average Bonchev–Trinajstić information content (AvgIpc) is 2.71. The third-order valence-electron chi connectivity index (χ3n) is 5.21. The third kappa shape index (κ3) is 9.04. The Balaban J connectivity index is 1.91. The van der Waals surface area contributed by atoms with Gasteiger partial charge in [0.2, 0.25) is 8.32 Å². The Morgan fingerprint density at radius 1 is 0.750 bits per heavy atom.